The first-order valence-corrected chi connectivity index (χ1v) is 8.77. The Kier molecular flexibility index (Phi) is 4.95. The van der Waals surface area contributed by atoms with E-state index in [4.69, 9.17) is 9.26 Å². The van der Waals surface area contributed by atoms with Crippen molar-refractivity contribution in [1.82, 2.24) is 10.1 Å². The molecule has 1 aliphatic rings. The topological polar surface area (TPSA) is 55.6 Å². The molecule has 3 rings (SSSR count). The lowest BCUT2D eigenvalue weighted by Gasteiger charge is -2.45. The highest BCUT2D eigenvalue weighted by Crippen LogP contribution is 2.31. The number of aromatic nitrogens is 1. The SMILES string of the molecule is Cc1noc(C)c1CCC(=O)N1CC(c2ccccc2)OCC1(C)C. The van der Waals surface area contributed by atoms with Crippen LogP contribution in [0.5, 0.6) is 0 Å². The molecular weight excluding hydrogens is 316 g/mol. The van der Waals surface area contributed by atoms with E-state index in [9.17, 15) is 4.79 Å². The van der Waals surface area contributed by atoms with Crippen LogP contribution in [0.25, 0.3) is 0 Å². The van der Waals surface area contributed by atoms with E-state index in [1.165, 1.54) is 0 Å². The van der Waals surface area contributed by atoms with Crippen molar-refractivity contribution in [2.24, 2.45) is 0 Å². The van der Waals surface area contributed by atoms with Crippen LogP contribution < -0.4 is 0 Å². The number of morpholine rings is 1. The number of benzene rings is 1. The summed E-state index contributed by atoms with van der Waals surface area (Å²) in [4.78, 5) is 14.9. The lowest BCUT2D eigenvalue weighted by atomic mass is 9.97. The minimum Gasteiger partial charge on any atom is -0.369 e. The average Bonchev–Trinajstić information content (AvgIpc) is 2.91. The lowest BCUT2D eigenvalue weighted by molar-refractivity contribution is -0.154. The molecule has 1 atom stereocenters. The normalized spacial score (nSPS) is 19.8. The molecule has 1 fully saturated rings. The van der Waals surface area contributed by atoms with Gasteiger partial charge in [-0.3, -0.25) is 4.79 Å². The number of hydrogen-bond acceptors (Lipinski definition) is 4. The second kappa shape index (κ2) is 7.00. The highest BCUT2D eigenvalue weighted by atomic mass is 16.5. The second-order valence-electron chi connectivity index (χ2n) is 7.33. The van der Waals surface area contributed by atoms with E-state index in [0.29, 0.717) is 26.0 Å². The summed E-state index contributed by atoms with van der Waals surface area (Å²) < 4.78 is 11.2. The Hall–Kier alpha value is -2.14. The van der Waals surface area contributed by atoms with E-state index < -0.39 is 0 Å². The van der Waals surface area contributed by atoms with Crippen molar-refractivity contribution < 1.29 is 14.1 Å². The summed E-state index contributed by atoms with van der Waals surface area (Å²) in [7, 11) is 0. The van der Waals surface area contributed by atoms with Gasteiger partial charge in [0.15, 0.2) is 0 Å². The minimum absolute atomic E-state index is 0.0720. The fraction of sp³-hybridized carbons (Fsp3) is 0.500. The van der Waals surface area contributed by atoms with Crippen molar-refractivity contribution >= 4 is 5.91 Å². The Morgan fingerprint density at radius 2 is 2.00 bits per heavy atom. The van der Waals surface area contributed by atoms with Crippen molar-refractivity contribution in [3.63, 3.8) is 0 Å². The van der Waals surface area contributed by atoms with Gasteiger partial charge in [0.25, 0.3) is 0 Å². The summed E-state index contributed by atoms with van der Waals surface area (Å²) in [6.45, 7) is 9.04. The summed E-state index contributed by atoms with van der Waals surface area (Å²) in [6.07, 6.45) is 1.04. The van der Waals surface area contributed by atoms with Crippen LogP contribution in [-0.4, -0.2) is 34.7 Å². The summed E-state index contributed by atoms with van der Waals surface area (Å²) in [5.41, 5.74) is 2.72. The Morgan fingerprint density at radius 1 is 1.28 bits per heavy atom. The molecule has 1 aliphatic heterocycles. The van der Waals surface area contributed by atoms with E-state index in [-0.39, 0.29) is 17.6 Å². The molecular formula is C20H26N2O3. The largest absolute Gasteiger partial charge is 0.369 e. The third-order valence-electron chi connectivity index (χ3n) is 4.96. The van der Waals surface area contributed by atoms with Crippen LogP contribution in [0, 0.1) is 13.8 Å². The second-order valence-corrected chi connectivity index (χ2v) is 7.33. The van der Waals surface area contributed by atoms with Gasteiger partial charge in [0, 0.05) is 12.0 Å². The van der Waals surface area contributed by atoms with Crippen LogP contribution in [0.2, 0.25) is 0 Å². The van der Waals surface area contributed by atoms with E-state index in [0.717, 1.165) is 22.6 Å². The molecule has 1 aromatic heterocycles. The lowest BCUT2D eigenvalue weighted by Crippen LogP contribution is -2.56. The molecule has 0 N–H and O–H groups in total. The molecule has 1 amide bonds. The van der Waals surface area contributed by atoms with Crippen molar-refractivity contribution in [2.75, 3.05) is 13.2 Å². The molecule has 134 valence electrons. The number of nitrogens with zero attached hydrogens (tertiary/aromatic N) is 2. The third kappa shape index (κ3) is 3.76. The number of carbonyl (C=O) groups excluding carboxylic acids is 1. The summed E-state index contributed by atoms with van der Waals surface area (Å²) in [6, 6.07) is 10.1. The first-order chi connectivity index (χ1) is 11.9. The zero-order valence-electron chi connectivity index (χ0n) is 15.4. The van der Waals surface area contributed by atoms with Crippen molar-refractivity contribution in [3.05, 3.63) is 52.9 Å². The number of hydrogen-bond donors (Lipinski definition) is 0. The highest BCUT2D eigenvalue weighted by Gasteiger charge is 2.38. The molecule has 0 aliphatic carbocycles. The molecule has 2 heterocycles. The van der Waals surface area contributed by atoms with Gasteiger partial charge in [0.1, 0.15) is 11.9 Å². The average molecular weight is 342 g/mol. The molecule has 0 bridgehead atoms. The van der Waals surface area contributed by atoms with E-state index >= 15 is 0 Å². The van der Waals surface area contributed by atoms with Gasteiger partial charge in [0.05, 0.1) is 24.4 Å². The highest BCUT2D eigenvalue weighted by molar-refractivity contribution is 5.77. The maximum atomic E-state index is 12.9. The van der Waals surface area contributed by atoms with Gasteiger partial charge in [-0.15, -0.1) is 0 Å². The number of rotatable bonds is 4. The molecule has 1 aromatic carbocycles. The van der Waals surface area contributed by atoms with E-state index in [1.54, 1.807) is 0 Å². The van der Waals surface area contributed by atoms with Gasteiger partial charge >= 0.3 is 0 Å². The van der Waals surface area contributed by atoms with E-state index in [2.05, 4.69) is 31.1 Å². The van der Waals surface area contributed by atoms with Crippen LogP contribution in [-0.2, 0) is 16.0 Å². The standard InChI is InChI=1S/C20H26N2O3/c1-14-17(15(2)25-21-14)10-11-19(23)22-12-18(24-13-20(22,3)4)16-8-6-5-7-9-16/h5-9,18H,10-13H2,1-4H3. The van der Waals surface area contributed by atoms with Gasteiger partial charge < -0.3 is 14.2 Å². The van der Waals surface area contributed by atoms with Gasteiger partial charge in [-0.1, -0.05) is 35.5 Å². The van der Waals surface area contributed by atoms with Gasteiger partial charge in [-0.2, -0.15) is 0 Å². The zero-order chi connectivity index (χ0) is 18.0. The minimum atomic E-state index is -0.304. The van der Waals surface area contributed by atoms with Gasteiger partial charge in [0.2, 0.25) is 5.91 Å². The summed E-state index contributed by atoms with van der Waals surface area (Å²) in [5, 5.41) is 3.97. The number of ether oxygens (including phenoxy) is 1. The zero-order valence-corrected chi connectivity index (χ0v) is 15.4. The predicted molar refractivity (Wildman–Crippen MR) is 95.2 cm³/mol. The summed E-state index contributed by atoms with van der Waals surface area (Å²) in [5.74, 6) is 0.947. The van der Waals surface area contributed by atoms with Crippen LogP contribution in [0.4, 0.5) is 0 Å². The predicted octanol–water partition coefficient (Wildman–Crippen LogP) is 3.60. The molecule has 1 saturated heterocycles. The fourth-order valence-electron chi connectivity index (χ4n) is 3.38. The molecule has 2 aromatic rings. The van der Waals surface area contributed by atoms with Crippen LogP contribution in [0.3, 0.4) is 0 Å². The van der Waals surface area contributed by atoms with Crippen LogP contribution >= 0.6 is 0 Å². The van der Waals surface area contributed by atoms with Crippen molar-refractivity contribution in [2.45, 2.75) is 52.2 Å². The Balaban J connectivity index is 1.70. The molecule has 1 unspecified atom stereocenters. The maximum Gasteiger partial charge on any atom is 0.223 e. The number of amides is 1. The number of aryl methyl sites for hydroxylation is 2. The summed E-state index contributed by atoms with van der Waals surface area (Å²) >= 11 is 0. The molecule has 0 saturated carbocycles. The number of carbonyl (C=O) groups is 1. The molecule has 5 heteroatoms. The van der Waals surface area contributed by atoms with Crippen molar-refractivity contribution in [1.29, 1.82) is 0 Å². The fourth-order valence-corrected chi connectivity index (χ4v) is 3.38. The smallest absolute Gasteiger partial charge is 0.223 e. The first-order valence-electron chi connectivity index (χ1n) is 8.77. The van der Waals surface area contributed by atoms with Gasteiger partial charge in [-0.05, 0) is 39.7 Å². The Bertz CT molecular complexity index is 717. The quantitative estimate of drug-likeness (QED) is 0.852. The molecule has 5 nitrogen and oxygen atoms in total. The van der Waals surface area contributed by atoms with Crippen LogP contribution in [0.1, 0.15) is 49.0 Å². The Morgan fingerprint density at radius 3 is 2.64 bits per heavy atom. The Labute approximate surface area is 148 Å². The van der Waals surface area contributed by atoms with Gasteiger partial charge in [-0.25, -0.2) is 0 Å². The first kappa shape index (κ1) is 17.7. The van der Waals surface area contributed by atoms with Crippen LogP contribution in [0.15, 0.2) is 34.9 Å². The monoisotopic (exact) mass is 342 g/mol. The third-order valence-corrected chi connectivity index (χ3v) is 4.96. The molecule has 25 heavy (non-hydrogen) atoms. The van der Waals surface area contributed by atoms with Crippen molar-refractivity contribution in [3.8, 4) is 0 Å². The van der Waals surface area contributed by atoms with E-state index in [1.807, 2.05) is 36.9 Å². The molecule has 0 radical (unpaired) electrons. The maximum absolute atomic E-state index is 12.9. The molecule has 0 spiro atoms.